The van der Waals surface area contributed by atoms with Gasteiger partial charge in [-0.05, 0) is 18.8 Å². The minimum atomic E-state index is 0.670. The van der Waals surface area contributed by atoms with E-state index in [2.05, 4.69) is 32.6 Å². The Balaban J connectivity index is 3.34. The number of hydrogen-bond acceptors (Lipinski definition) is 0. The summed E-state index contributed by atoms with van der Waals surface area (Å²) < 4.78 is 0. The Bertz CT molecular complexity index is 101. The van der Waals surface area contributed by atoms with Gasteiger partial charge >= 0.3 is 0 Å². The Morgan fingerprint density at radius 3 is 2.70 bits per heavy atom. The number of allylic oxidation sites excluding steroid dienone is 3. The second-order valence-corrected chi connectivity index (χ2v) is 2.72. The zero-order chi connectivity index (χ0) is 7.82. The summed E-state index contributed by atoms with van der Waals surface area (Å²) in [5.74, 6) is 0.670. The summed E-state index contributed by atoms with van der Waals surface area (Å²) in [6.07, 6.45) is 10.1. The highest BCUT2D eigenvalue weighted by Crippen LogP contribution is 2.04. The first-order valence-corrected chi connectivity index (χ1v) is 4.08. The lowest BCUT2D eigenvalue weighted by Gasteiger charge is -1.98. The number of unbranched alkanes of at least 4 members (excludes halogenated alkanes) is 1. The van der Waals surface area contributed by atoms with Crippen LogP contribution in [0.5, 0.6) is 0 Å². The smallest absolute Gasteiger partial charge is 0.0227 e. The van der Waals surface area contributed by atoms with Gasteiger partial charge in [0.2, 0.25) is 0 Å². The molecule has 0 saturated carbocycles. The van der Waals surface area contributed by atoms with Crippen molar-refractivity contribution in [1.82, 2.24) is 0 Å². The van der Waals surface area contributed by atoms with E-state index in [1.807, 2.05) is 6.08 Å². The maximum absolute atomic E-state index is 3.70. The first kappa shape index (κ1) is 9.48. The summed E-state index contributed by atoms with van der Waals surface area (Å²) in [6, 6.07) is 0. The summed E-state index contributed by atoms with van der Waals surface area (Å²) in [7, 11) is 0. The zero-order valence-corrected chi connectivity index (χ0v) is 7.14. The molecular weight excluding hydrogens is 120 g/mol. The van der Waals surface area contributed by atoms with Gasteiger partial charge in [0, 0.05) is 0 Å². The number of hydrogen-bond donors (Lipinski definition) is 0. The fraction of sp³-hybridized carbons (Fsp3) is 0.600. The minimum Gasteiger partial charge on any atom is -0.103 e. The molecule has 0 saturated heterocycles. The second kappa shape index (κ2) is 6.60. The van der Waals surface area contributed by atoms with E-state index >= 15 is 0 Å². The molecule has 10 heavy (non-hydrogen) atoms. The molecule has 0 bridgehead atoms. The highest BCUT2D eigenvalue weighted by molar-refractivity contribution is 4.89. The minimum absolute atomic E-state index is 0.670. The predicted molar refractivity (Wildman–Crippen MR) is 48.0 cm³/mol. The molecule has 0 rings (SSSR count). The summed E-state index contributed by atoms with van der Waals surface area (Å²) >= 11 is 0. The number of rotatable bonds is 5. The first-order chi connectivity index (χ1) is 4.81. The summed E-state index contributed by atoms with van der Waals surface area (Å²) in [4.78, 5) is 0. The van der Waals surface area contributed by atoms with Crippen LogP contribution in [0.25, 0.3) is 0 Å². The van der Waals surface area contributed by atoms with Crippen molar-refractivity contribution in [2.75, 3.05) is 0 Å². The lowest BCUT2D eigenvalue weighted by Crippen LogP contribution is -1.84. The van der Waals surface area contributed by atoms with Crippen LogP contribution in [0, 0.1) is 5.92 Å². The second-order valence-electron chi connectivity index (χ2n) is 2.72. The largest absolute Gasteiger partial charge is 0.103 e. The van der Waals surface area contributed by atoms with Crippen LogP contribution in [0.2, 0.25) is 0 Å². The molecule has 0 aromatic carbocycles. The fourth-order valence-electron chi connectivity index (χ4n) is 0.837. The fourth-order valence-corrected chi connectivity index (χ4v) is 0.837. The van der Waals surface area contributed by atoms with Crippen LogP contribution < -0.4 is 0 Å². The van der Waals surface area contributed by atoms with E-state index in [4.69, 9.17) is 0 Å². The molecule has 0 spiro atoms. The van der Waals surface area contributed by atoms with Crippen molar-refractivity contribution >= 4 is 0 Å². The Morgan fingerprint density at radius 2 is 2.20 bits per heavy atom. The van der Waals surface area contributed by atoms with E-state index in [1.165, 1.54) is 12.8 Å². The van der Waals surface area contributed by atoms with Gasteiger partial charge in [0.1, 0.15) is 0 Å². The third-order valence-electron chi connectivity index (χ3n) is 1.46. The Hall–Kier alpha value is -0.520. The predicted octanol–water partition coefficient (Wildman–Crippen LogP) is 3.55. The third-order valence-corrected chi connectivity index (χ3v) is 1.46. The van der Waals surface area contributed by atoms with E-state index in [0.29, 0.717) is 5.92 Å². The van der Waals surface area contributed by atoms with Crippen LogP contribution in [-0.4, -0.2) is 0 Å². The van der Waals surface area contributed by atoms with E-state index in [0.717, 1.165) is 6.42 Å². The van der Waals surface area contributed by atoms with E-state index < -0.39 is 0 Å². The van der Waals surface area contributed by atoms with Crippen molar-refractivity contribution in [2.24, 2.45) is 5.92 Å². The molecule has 1 atom stereocenters. The molecule has 0 amide bonds. The molecule has 0 N–H and O–H groups in total. The Morgan fingerprint density at radius 1 is 1.50 bits per heavy atom. The highest BCUT2D eigenvalue weighted by atomic mass is 14.0. The van der Waals surface area contributed by atoms with Gasteiger partial charge in [0.05, 0.1) is 0 Å². The Labute approximate surface area is 64.6 Å². The lowest BCUT2D eigenvalue weighted by molar-refractivity contribution is 0.739. The van der Waals surface area contributed by atoms with Gasteiger partial charge in [-0.2, -0.15) is 0 Å². The average Bonchev–Trinajstić information content (AvgIpc) is 1.89. The van der Waals surface area contributed by atoms with Gasteiger partial charge in [0.25, 0.3) is 0 Å². The molecule has 58 valence electrons. The van der Waals surface area contributed by atoms with Gasteiger partial charge < -0.3 is 0 Å². The maximum atomic E-state index is 3.70. The molecule has 0 heteroatoms. The van der Waals surface area contributed by atoms with Crippen LogP contribution in [0.4, 0.5) is 0 Å². The van der Waals surface area contributed by atoms with E-state index in [1.54, 1.807) is 0 Å². The quantitative estimate of drug-likeness (QED) is 0.510. The van der Waals surface area contributed by atoms with Crippen LogP contribution >= 0.6 is 0 Å². The molecule has 0 aromatic heterocycles. The maximum Gasteiger partial charge on any atom is -0.0227 e. The summed E-state index contributed by atoms with van der Waals surface area (Å²) in [6.45, 7) is 8.11. The highest BCUT2D eigenvalue weighted by Gasteiger charge is 1.89. The van der Waals surface area contributed by atoms with Crippen molar-refractivity contribution in [2.45, 2.75) is 33.1 Å². The van der Waals surface area contributed by atoms with Gasteiger partial charge in [-0.3, -0.25) is 0 Å². The SMILES string of the molecule is C=CCC(C)C=CCCC. The molecule has 0 heterocycles. The summed E-state index contributed by atoms with van der Waals surface area (Å²) in [5, 5.41) is 0. The van der Waals surface area contributed by atoms with E-state index in [9.17, 15) is 0 Å². The molecule has 0 aliphatic rings. The molecule has 0 fully saturated rings. The Kier molecular flexibility index (Phi) is 6.25. The molecule has 0 radical (unpaired) electrons. The lowest BCUT2D eigenvalue weighted by atomic mass is 10.1. The van der Waals surface area contributed by atoms with Crippen molar-refractivity contribution in [3.63, 3.8) is 0 Å². The standard InChI is InChI=1S/C10H18/c1-4-6-7-9-10(3)8-5-2/h5,7,9-10H,2,4,6,8H2,1,3H3. The average molecular weight is 138 g/mol. The summed E-state index contributed by atoms with van der Waals surface area (Å²) in [5.41, 5.74) is 0. The van der Waals surface area contributed by atoms with Gasteiger partial charge in [0.15, 0.2) is 0 Å². The zero-order valence-electron chi connectivity index (χ0n) is 7.14. The monoisotopic (exact) mass is 138 g/mol. The van der Waals surface area contributed by atoms with Crippen LogP contribution in [0.1, 0.15) is 33.1 Å². The van der Waals surface area contributed by atoms with Crippen LogP contribution in [0.3, 0.4) is 0 Å². The first-order valence-electron chi connectivity index (χ1n) is 4.08. The molecule has 0 aromatic rings. The van der Waals surface area contributed by atoms with E-state index in [-0.39, 0.29) is 0 Å². The third kappa shape index (κ3) is 5.61. The molecule has 0 aliphatic carbocycles. The van der Waals surface area contributed by atoms with Crippen molar-refractivity contribution in [1.29, 1.82) is 0 Å². The van der Waals surface area contributed by atoms with Crippen LogP contribution in [-0.2, 0) is 0 Å². The van der Waals surface area contributed by atoms with Gasteiger partial charge in [-0.1, -0.05) is 38.5 Å². The molecule has 0 aliphatic heterocycles. The van der Waals surface area contributed by atoms with Crippen molar-refractivity contribution < 1.29 is 0 Å². The molecular formula is C10H18. The van der Waals surface area contributed by atoms with Crippen molar-refractivity contribution in [3.8, 4) is 0 Å². The van der Waals surface area contributed by atoms with Gasteiger partial charge in [-0.15, -0.1) is 6.58 Å². The van der Waals surface area contributed by atoms with Gasteiger partial charge in [-0.25, -0.2) is 0 Å². The molecule has 0 nitrogen and oxygen atoms in total. The van der Waals surface area contributed by atoms with Crippen LogP contribution in [0.15, 0.2) is 24.8 Å². The van der Waals surface area contributed by atoms with Crippen molar-refractivity contribution in [3.05, 3.63) is 24.8 Å². The topological polar surface area (TPSA) is 0 Å². The molecule has 1 unspecified atom stereocenters. The normalized spacial score (nSPS) is 13.8.